The van der Waals surface area contributed by atoms with Crippen LogP contribution in [0.4, 0.5) is 5.82 Å². The summed E-state index contributed by atoms with van der Waals surface area (Å²) >= 11 is 0. The first-order valence-corrected chi connectivity index (χ1v) is 12.2. The van der Waals surface area contributed by atoms with Gasteiger partial charge in [-0.2, -0.15) is 0 Å². The third-order valence-corrected chi connectivity index (χ3v) is 5.20. The van der Waals surface area contributed by atoms with Crippen molar-refractivity contribution in [2.45, 2.75) is 71.8 Å². The predicted molar refractivity (Wildman–Crippen MR) is 146 cm³/mol. The lowest BCUT2D eigenvalue weighted by molar-refractivity contribution is -0.151. The highest BCUT2D eigenvalue weighted by molar-refractivity contribution is 5.94. The zero-order valence-corrected chi connectivity index (χ0v) is 22.5. The van der Waals surface area contributed by atoms with Gasteiger partial charge < -0.3 is 10.1 Å². The van der Waals surface area contributed by atoms with E-state index in [-0.39, 0.29) is 5.91 Å². The number of ether oxygens (including phenoxy) is 1. The fraction of sp³-hybridized carbons (Fsp3) is 0.367. The molecule has 1 heterocycles. The fourth-order valence-electron chi connectivity index (χ4n) is 3.60. The van der Waals surface area contributed by atoms with Gasteiger partial charge >= 0.3 is 0 Å². The van der Waals surface area contributed by atoms with Crippen molar-refractivity contribution in [3.63, 3.8) is 0 Å². The van der Waals surface area contributed by atoms with Crippen molar-refractivity contribution in [3.05, 3.63) is 71.4 Å². The number of hydrogen-bond donors (Lipinski definition) is 2. The molecule has 0 aliphatic carbocycles. The van der Waals surface area contributed by atoms with Crippen LogP contribution < -0.4 is 10.8 Å². The monoisotopic (exact) mass is 501 g/mol. The molecule has 2 N–H and O–H groups in total. The first kappa shape index (κ1) is 27.9. The third kappa shape index (κ3) is 8.42. The van der Waals surface area contributed by atoms with E-state index in [1.807, 2.05) is 84.9 Å². The average molecular weight is 502 g/mol. The van der Waals surface area contributed by atoms with Crippen molar-refractivity contribution >= 4 is 28.8 Å². The molecule has 0 spiro atoms. The molecule has 37 heavy (non-hydrogen) atoms. The van der Waals surface area contributed by atoms with Crippen LogP contribution in [0, 0.1) is 11.8 Å². The van der Waals surface area contributed by atoms with Gasteiger partial charge in [0, 0.05) is 28.3 Å². The number of hydrogen-bond acceptors (Lipinski definition) is 6. The molecule has 3 aromatic rings. The van der Waals surface area contributed by atoms with Crippen LogP contribution in [0.2, 0.25) is 0 Å². The highest BCUT2D eigenvalue weighted by Crippen LogP contribution is 2.24. The van der Waals surface area contributed by atoms with Gasteiger partial charge in [0.25, 0.3) is 5.91 Å². The van der Waals surface area contributed by atoms with Crippen molar-refractivity contribution in [1.29, 1.82) is 0 Å². The molecule has 3 rings (SSSR count). The van der Waals surface area contributed by atoms with E-state index in [4.69, 9.17) is 9.57 Å². The topological polar surface area (TPSA) is 89.5 Å². The maximum absolute atomic E-state index is 13.1. The average Bonchev–Trinajstić information content (AvgIpc) is 2.83. The molecule has 0 aliphatic rings. The fourth-order valence-corrected chi connectivity index (χ4v) is 3.60. The van der Waals surface area contributed by atoms with Gasteiger partial charge in [-0.25, -0.2) is 10.5 Å². The third-order valence-electron chi connectivity index (χ3n) is 5.20. The molecule has 0 saturated carbocycles. The van der Waals surface area contributed by atoms with E-state index in [0.29, 0.717) is 11.4 Å². The Hall–Kier alpha value is -3.73. The number of nitrogens with zero attached hydrogens (tertiary/aromatic N) is 1. The quantitative estimate of drug-likeness (QED) is 0.260. The Morgan fingerprint density at radius 3 is 2.22 bits per heavy atom. The highest BCUT2D eigenvalue weighted by Gasteiger charge is 2.31. The molecule has 194 valence electrons. The minimum atomic E-state index is -0.756. The number of carbonyl (C=O) groups is 2. The summed E-state index contributed by atoms with van der Waals surface area (Å²) in [6, 6.07) is 14.1. The standard InChI is InChI=1S/C30H35N3O4/c1-20(36-29(2,3)4)26(28(35)33-37-30(5,6)7)32-27-25-15-14-22(18-24(25)16-17-31-27)11-8-21-9-12-23(19-34)13-10-21/h9-10,12-20,26H,1-7H3,(H,31,32)(H,33,35)/t20-,26+/m1/s1. The van der Waals surface area contributed by atoms with Crippen LogP contribution in [0.1, 0.15) is 70.0 Å². The van der Waals surface area contributed by atoms with E-state index in [1.54, 1.807) is 18.3 Å². The zero-order valence-electron chi connectivity index (χ0n) is 22.5. The van der Waals surface area contributed by atoms with Crippen molar-refractivity contribution < 1.29 is 19.2 Å². The number of aromatic nitrogens is 1. The maximum atomic E-state index is 13.1. The molecule has 7 heteroatoms. The minimum absolute atomic E-state index is 0.353. The molecular formula is C30H35N3O4. The number of benzene rings is 2. The molecule has 0 aliphatic heterocycles. The number of hydroxylamine groups is 1. The second-order valence-electron chi connectivity index (χ2n) is 10.8. The van der Waals surface area contributed by atoms with Crippen molar-refractivity contribution in [2.75, 3.05) is 5.32 Å². The Labute approximate surface area is 218 Å². The van der Waals surface area contributed by atoms with Gasteiger partial charge in [-0.15, -0.1) is 0 Å². The molecule has 0 radical (unpaired) electrons. The smallest absolute Gasteiger partial charge is 0.268 e. The number of carbonyl (C=O) groups excluding carboxylic acids is 2. The predicted octanol–water partition coefficient (Wildman–Crippen LogP) is 5.28. The molecule has 0 saturated heterocycles. The summed E-state index contributed by atoms with van der Waals surface area (Å²) in [6.45, 7) is 13.3. The largest absolute Gasteiger partial charge is 0.370 e. The van der Waals surface area contributed by atoms with Crippen LogP contribution in [0.3, 0.4) is 0 Å². The molecule has 1 aromatic heterocycles. The molecular weight excluding hydrogens is 466 g/mol. The number of aldehydes is 1. The molecule has 0 fully saturated rings. The normalized spacial score (nSPS) is 13.3. The summed E-state index contributed by atoms with van der Waals surface area (Å²) in [5.41, 5.74) is 3.84. The second-order valence-corrected chi connectivity index (χ2v) is 10.8. The van der Waals surface area contributed by atoms with Gasteiger partial charge in [-0.1, -0.05) is 24.0 Å². The minimum Gasteiger partial charge on any atom is -0.370 e. The lowest BCUT2D eigenvalue weighted by Crippen LogP contribution is -2.50. The maximum Gasteiger partial charge on any atom is 0.268 e. The Morgan fingerprint density at radius 1 is 0.946 bits per heavy atom. The Morgan fingerprint density at radius 2 is 1.59 bits per heavy atom. The van der Waals surface area contributed by atoms with Crippen LogP contribution >= 0.6 is 0 Å². The summed E-state index contributed by atoms with van der Waals surface area (Å²) in [6.07, 6.45) is 2.02. The summed E-state index contributed by atoms with van der Waals surface area (Å²) in [4.78, 5) is 34.0. The van der Waals surface area contributed by atoms with E-state index in [0.717, 1.165) is 28.2 Å². The van der Waals surface area contributed by atoms with Gasteiger partial charge in [0.2, 0.25) is 0 Å². The zero-order chi connectivity index (χ0) is 27.2. The molecule has 0 bridgehead atoms. The highest BCUT2D eigenvalue weighted by atomic mass is 16.7. The molecule has 0 unspecified atom stereocenters. The molecule has 1 amide bonds. The van der Waals surface area contributed by atoms with E-state index in [2.05, 4.69) is 27.6 Å². The summed E-state index contributed by atoms with van der Waals surface area (Å²) < 4.78 is 6.10. The first-order chi connectivity index (χ1) is 17.3. The lowest BCUT2D eigenvalue weighted by Gasteiger charge is -2.31. The molecule has 7 nitrogen and oxygen atoms in total. The number of fused-ring (bicyclic) bond motifs is 1. The Balaban J connectivity index is 1.88. The van der Waals surface area contributed by atoms with E-state index < -0.39 is 23.3 Å². The van der Waals surface area contributed by atoms with Gasteiger partial charge in [0.1, 0.15) is 18.1 Å². The number of pyridine rings is 1. The van der Waals surface area contributed by atoms with Crippen molar-refractivity contribution in [1.82, 2.24) is 10.5 Å². The lowest BCUT2D eigenvalue weighted by atomic mass is 10.1. The van der Waals surface area contributed by atoms with Crippen molar-refractivity contribution in [2.24, 2.45) is 0 Å². The van der Waals surface area contributed by atoms with Crippen LogP contribution in [-0.2, 0) is 14.4 Å². The first-order valence-electron chi connectivity index (χ1n) is 12.2. The van der Waals surface area contributed by atoms with Gasteiger partial charge in [0.15, 0.2) is 0 Å². The summed E-state index contributed by atoms with van der Waals surface area (Å²) in [5.74, 6) is 6.49. The Kier molecular flexibility index (Phi) is 8.69. The van der Waals surface area contributed by atoms with Crippen molar-refractivity contribution in [3.8, 4) is 11.8 Å². The molecule has 2 atom stereocenters. The van der Waals surface area contributed by atoms with Crippen LogP contribution in [0.25, 0.3) is 10.8 Å². The summed E-state index contributed by atoms with van der Waals surface area (Å²) in [5, 5.41) is 5.05. The van der Waals surface area contributed by atoms with Crippen LogP contribution in [0.15, 0.2) is 54.7 Å². The number of anilines is 1. The van der Waals surface area contributed by atoms with Crippen LogP contribution in [0.5, 0.6) is 0 Å². The molecule has 2 aromatic carbocycles. The summed E-state index contributed by atoms with van der Waals surface area (Å²) in [7, 11) is 0. The van der Waals surface area contributed by atoms with Crippen LogP contribution in [-0.4, -0.2) is 40.5 Å². The Bertz CT molecular complexity index is 1310. The second kappa shape index (κ2) is 11.5. The van der Waals surface area contributed by atoms with Gasteiger partial charge in [0.05, 0.1) is 17.3 Å². The van der Waals surface area contributed by atoms with Gasteiger partial charge in [-0.05, 0) is 90.3 Å². The number of nitrogens with one attached hydrogen (secondary N) is 2. The SMILES string of the molecule is C[C@@H](OC(C)(C)C)[C@H](Nc1nccc2cc(C#Cc3ccc(C=O)cc3)ccc12)C(=O)NOC(C)(C)C. The number of amides is 1. The van der Waals surface area contributed by atoms with E-state index in [1.165, 1.54) is 0 Å². The van der Waals surface area contributed by atoms with Gasteiger partial charge in [-0.3, -0.25) is 14.4 Å². The van der Waals surface area contributed by atoms with E-state index in [9.17, 15) is 9.59 Å². The van der Waals surface area contributed by atoms with E-state index >= 15 is 0 Å². The number of rotatable bonds is 7.